The van der Waals surface area contributed by atoms with E-state index >= 15 is 0 Å². The van der Waals surface area contributed by atoms with Gasteiger partial charge in [0.05, 0.1) is 5.52 Å². The standard InChI is InChI=1S/C17H10BrN3/c18-14-6-5-13-10-20-17(21-15(13)8-14)16-7-11-3-1-2-4-12(11)9-19-16/h1-10H. The van der Waals surface area contributed by atoms with Gasteiger partial charge < -0.3 is 0 Å². The van der Waals surface area contributed by atoms with Gasteiger partial charge >= 0.3 is 0 Å². The Hall–Kier alpha value is -2.33. The summed E-state index contributed by atoms with van der Waals surface area (Å²) in [5.41, 5.74) is 1.69. The van der Waals surface area contributed by atoms with Gasteiger partial charge in [0.1, 0.15) is 5.69 Å². The Morgan fingerprint density at radius 2 is 1.57 bits per heavy atom. The molecule has 0 bridgehead atoms. The fraction of sp³-hybridized carbons (Fsp3) is 0. The van der Waals surface area contributed by atoms with Crippen LogP contribution in [0.3, 0.4) is 0 Å². The molecule has 2 aromatic heterocycles. The van der Waals surface area contributed by atoms with E-state index in [4.69, 9.17) is 0 Å². The molecular formula is C17H10BrN3. The van der Waals surface area contributed by atoms with Crippen molar-refractivity contribution >= 4 is 37.6 Å². The Kier molecular flexibility index (Phi) is 2.89. The number of hydrogen-bond donors (Lipinski definition) is 0. The van der Waals surface area contributed by atoms with Gasteiger partial charge in [0.15, 0.2) is 5.82 Å². The highest BCUT2D eigenvalue weighted by atomic mass is 79.9. The molecule has 0 aliphatic heterocycles. The van der Waals surface area contributed by atoms with Gasteiger partial charge in [-0.25, -0.2) is 9.97 Å². The summed E-state index contributed by atoms with van der Waals surface area (Å²) in [5, 5.41) is 3.27. The topological polar surface area (TPSA) is 38.7 Å². The van der Waals surface area contributed by atoms with E-state index in [1.54, 1.807) is 0 Å². The van der Waals surface area contributed by atoms with Gasteiger partial charge in [-0.1, -0.05) is 46.3 Å². The summed E-state index contributed by atoms with van der Waals surface area (Å²) in [5.74, 6) is 0.645. The quantitative estimate of drug-likeness (QED) is 0.510. The molecule has 0 fully saturated rings. The molecule has 2 aromatic carbocycles. The Morgan fingerprint density at radius 1 is 0.762 bits per heavy atom. The summed E-state index contributed by atoms with van der Waals surface area (Å²) in [6, 6.07) is 16.1. The molecule has 0 saturated carbocycles. The van der Waals surface area contributed by atoms with Crippen molar-refractivity contribution in [1.29, 1.82) is 0 Å². The Morgan fingerprint density at radius 3 is 2.48 bits per heavy atom. The van der Waals surface area contributed by atoms with E-state index in [9.17, 15) is 0 Å². The lowest BCUT2D eigenvalue weighted by Gasteiger charge is -2.04. The summed E-state index contributed by atoms with van der Waals surface area (Å²) in [7, 11) is 0. The highest BCUT2D eigenvalue weighted by Gasteiger charge is 2.06. The molecule has 0 amide bonds. The lowest BCUT2D eigenvalue weighted by molar-refractivity contribution is 1.18. The van der Waals surface area contributed by atoms with E-state index in [0.717, 1.165) is 31.8 Å². The third kappa shape index (κ3) is 2.28. The fourth-order valence-corrected chi connectivity index (χ4v) is 2.67. The number of fused-ring (bicyclic) bond motifs is 2. The number of benzene rings is 2. The van der Waals surface area contributed by atoms with Gasteiger partial charge in [0, 0.05) is 27.6 Å². The van der Waals surface area contributed by atoms with Crippen LogP contribution >= 0.6 is 15.9 Å². The molecule has 4 heteroatoms. The minimum Gasteiger partial charge on any atom is -0.252 e. The number of nitrogens with zero attached hydrogens (tertiary/aromatic N) is 3. The molecule has 2 heterocycles. The van der Waals surface area contributed by atoms with E-state index in [1.807, 2.05) is 54.9 Å². The number of rotatable bonds is 1. The maximum atomic E-state index is 4.61. The van der Waals surface area contributed by atoms with E-state index in [2.05, 4.69) is 36.9 Å². The van der Waals surface area contributed by atoms with Gasteiger partial charge in [0.2, 0.25) is 0 Å². The SMILES string of the molecule is Brc1ccc2cnc(-c3cc4ccccc4cn3)nc2c1. The zero-order valence-corrected chi connectivity index (χ0v) is 12.6. The Bertz CT molecular complexity index is 966. The molecule has 0 saturated heterocycles. The first-order valence-electron chi connectivity index (χ1n) is 6.57. The first-order valence-corrected chi connectivity index (χ1v) is 7.36. The zero-order chi connectivity index (χ0) is 14.2. The summed E-state index contributed by atoms with van der Waals surface area (Å²) in [6.07, 6.45) is 3.69. The second kappa shape index (κ2) is 4.90. The third-order valence-corrected chi connectivity index (χ3v) is 3.90. The van der Waals surface area contributed by atoms with E-state index < -0.39 is 0 Å². The number of hydrogen-bond acceptors (Lipinski definition) is 3. The highest BCUT2D eigenvalue weighted by Crippen LogP contribution is 2.22. The summed E-state index contributed by atoms with van der Waals surface area (Å²) in [6.45, 7) is 0. The van der Waals surface area contributed by atoms with Crippen molar-refractivity contribution < 1.29 is 0 Å². The van der Waals surface area contributed by atoms with Crippen LogP contribution in [0, 0.1) is 0 Å². The molecule has 4 rings (SSSR count). The first kappa shape index (κ1) is 12.4. The molecule has 0 radical (unpaired) electrons. The van der Waals surface area contributed by atoms with Crippen LogP contribution < -0.4 is 0 Å². The maximum Gasteiger partial charge on any atom is 0.178 e. The average Bonchev–Trinajstić information content (AvgIpc) is 2.53. The minimum absolute atomic E-state index is 0.645. The molecule has 4 aromatic rings. The molecule has 0 aliphatic carbocycles. The number of pyridine rings is 1. The predicted octanol–water partition coefficient (Wildman–Crippen LogP) is 4.61. The van der Waals surface area contributed by atoms with Crippen molar-refractivity contribution in [2.45, 2.75) is 0 Å². The Balaban J connectivity index is 1.90. The van der Waals surface area contributed by atoms with E-state index in [-0.39, 0.29) is 0 Å². The third-order valence-electron chi connectivity index (χ3n) is 3.40. The van der Waals surface area contributed by atoms with Crippen LogP contribution in [0.1, 0.15) is 0 Å². The molecule has 3 nitrogen and oxygen atoms in total. The van der Waals surface area contributed by atoms with E-state index in [1.165, 1.54) is 0 Å². The second-order valence-corrected chi connectivity index (χ2v) is 5.73. The lowest BCUT2D eigenvalue weighted by atomic mass is 10.1. The summed E-state index contributed by atoms with van der Waals surface area (Å²) >= 11 is 3.47. The summed E-state index contributed by atoms with van der Waals surface area (Å²) in [4.78, 5) is 13.5. The van der Waals surface area contributed by atoms with Crippen molar-refractivity contribution in [2.24, 2.45) is 0 Å². The average molecular weight is 336 g/mol. The maximum absolute atomic E-state index is 4.61. The van der Waals surface area contributed by atoms with Crippen LogP contribution in [0.4, 0.5) is 0 Å². The molecule has 0 unspecified atom stereocenters. The van der Waals surface area contributed by atoms with Gasteiger partial charge in [-0.3, -0.25) is 4.98 Å². The van der Waals surface area contributed by atoms with Crippen LogP contribution in [0.5, 0.6) is 0 Å². The highest BCUT2D eigenvalue weighted by molar-refractivity contribution is 9.10. The van der Waals surface area contributed by atoms with Gasteiger partial charge in [-0.2, -0.15) is 0 Å². The number of aromatic nitrogens is 3. The normalized spacial score (nSPS) is 11.1. The molecular weight excluding hydrogens is 326 g/mol. The zero-order valence-electron chi connectivity index (χ0n) is 11.0. The van der Waals surface area contributed by atoms with Gasteiger partial charge in [0.25, 0.3) is 0 Å². The van der Waals surface area contributed by atoms with Crippen molar-refractivity contribution in [3.05, 3.63) is 65.4 Å². The van der Waals surface area contributed by atoms with Crippen molar-refractivity contribution in [3.8, 4) is 11.5 Å². The van der Waals surface area contributed by atoms with Gasteiger partial charge in [-0.15, -0.1) is 0 Å². The molecule has 0 N–H and O–H groups in total. The molecule has 0 aliphatic rings. The molecule has 0 atom stereocenters. The largest absolute Gasteiger partial charge is 0.252 e. The smallest absolute Gasteiger partial charge is 0.178 e. The van der Waals surface area contributed by atoms with Crippen molar-refractivity contribution in [3.63, 3.8) is 0 Å². The van der Waals surface area contributed by atoms with E-state index in [0.29, 0.717) is 5.82 Å². The van der Waals surface area contributed by atoms with Gasteiger partial charge in [-0.05, 0) is 23.6 Å². The summed E-state index contributed by atoms with van der Waals surface area (Å²) < 4.78 is 1.01. The lowest BCUT2D eigenvalue weighted by Crippen LogP contribution is -1.92. The second-order valence-electron chi connectivity index (χ2n) is 4.81. The van der Waals surface area contributed by atoms with Crippen LogP contribution in [0.2, 0.25) is 0 Å². The molecule has 100 valence electrons. The minimum atomic E-state index is 0.645. The van der Waals surface area contributed by atoms with Crippen molar-refractivity contribution in [2.75, 3.05) is 0 Å². The van der Waals surface area contributed by atoms with Crippen LogP contribution in [-0.4, -0.2) is 15.0 Å². The Labute approximate surface area is 129 Å². The number of halogens is 1. The van der Waals surface area contributed by atoms with Crippen LogP contribution in [0.15, 0.2) is 65.4 Å². The monoisotopic (exact) mass is 335 g/mol. The van der Waals surface area contributed by atoms with Crippen LogP contribution in [-0.2, 0) is 0 Å². The fourth-order valence-electron chi connectivity index (χ4n) is 2.33. The predicted molar refractivity (Wildman–Crippen MR) is 88.0 cm³/mol. The van der Waals surface area contributed by atoms with Crippen molar-refractivity contribution in [1.82, 2.24) is 15.0 Å². The molecule has 0 spiro atoms. The van der Waals surface area contributed by atoms with Crippen LogP contribution in [0.25, 0.3) is 33.2 Å². The first-order chi connectivity index (χ1) is 10.3. The molecule has 21 heavy (non-hydrogen) atoms.